The molecule has 16 nitrogen and oxygen atoms in total. The van der Waals surface area contributed by atoms with Gasteiger partial charge >= 0.3 is 34.1 Å². The summed E-state index contributed by atoms with van der Waals surface area (Å²) < 4.78 is 0. The molecular weight excluding hydrogens is 1340 g/mol. The molecule has 16 aromatic rings. The summed E-state index contributed by atoms with van der Waals surface area (Å²) in [7, 11) is 0. The first-order valence-corrected chi connectivity index (χ1v) is 22.8. The fourth-order valence-corrected chi connectivity index (χ4v) is 7.06. The van der Waals surface area contributed by atoms with E-state index in [2.05, 4.69) is 81.6 Å². The van der Waals surface area contributed by atoms with Crippen molar-refractivity contribution in [3.05, 3.63) is 244 Å². The van der Waals surface area contributed by atoms with E-state index < -0.39 is 0 Å². The Balaban J connectivity index is 0.000000232. The predicted octanol–water partition coefficient (Wildman–Crippen LogP) is 0.514. The second-order valence-corrected chi connectivity index (χ2v) is 15.7. The SMILES string of the molecule is [Br-].[Br-].[Br-].[Br-].[Cu+2].[Cu+2].c1ccc2[nH]ncc2c1.c1ccc2[nH]ncc2c1.c1ccc2[nH]ncc2c1.c1ccc2[nH]ncc2c1.c1ccc2[nH]ncc2c1.c1ccc2[nH]ncc2c1.c1ccc2[nH]ncc2c1.c1ccc2[nH]ncc2c1. The molecule has 0 aliphatic carbocycles. The van der Waals surface area contributed by atoms with Crippen LogP contribution in [0.3, 0.4) is 0 Å². The van der Waals surface area contributed by atoms with Crippen LogP contribution in [0, 0.1) is 0 Å². The van der Waals surface area contributed by atoms with Crippen molar-refractivity contribution in [3.8, 4) is 0 Å². The van der Waals surface area contributed by atoms with Gasteiger partial charge in [-0.25, -0.2) is 0 Å². The number of H-pyrrole nitrogens is 8. The van der Waals surface area contributed by atoms with Gasteiger partial charge in [-0.2, -0.15) is 40.8 Å². The smallest absolute Gasteiger partial charge is 1.00 e. The third-order valence-electron chi connectivity index (χ3n) is 10.8. The summed E-state index contributed by atoms with van der Waals surface area (Å²) in [6.07, 6.45) is 14.5. The Morgan fingerprint density at radius 2 is 0.269 bits per heavy atom. The number of aromatic amines is 8. The molecule has 0 unspecified atom stereocenters. The zero-order chi connectivity index (χ0) is 48.8. The number of benzene rings is 8. The maximum Gasteiger partial charge on any atom is 2.00 e. The van der Waals surface area contributed by atoms with Crippen molar-refractivity contribution in [3.63, 3.8) is 0 Å². The minimum atomic E-state index is 0. The molecule has 0 saturated carbocycles. The van der Waals surface area contributed by atoms with Crippen molar-refractivity contribution in [2.45, 2.75) is 0 Å². The van der Waals surface area contributed by atoms with Crippen LogP contribution in [0.2, 0.25) is 0 Å². The Labute approximate surface area is 510 Å². The van der Waals surface area contributed by atoms with E-state index in [-0.39, 0.29) is 102 Å². The average molecular weight is 1390 g/mol. The van der Waals surface area contributed by atoms with Crippen LogP contribution >= 0.6 is 0 Å². The Hall–Kier alpha value is -7.52. The van der Waals surface area contributed by atoms with Gasteiger partial charge < -0.3 is 67.9 Å². The molecule has 0 aliphatic rings. The molecule has 8 aromatic carbocycles. The van der Waals surface area contributed by atoms with Gasteiger partial charge in [0.15, 0.2) is 0 Å². The van der Waals surface area contributed by atoms with Crippen molar-refractivity contribution >= 4 is 87.2 Å². The summed E-state index contributed by atoms with van der Waals surface area (Å²) in [5.74, 6) is 0. The average Bonchev–Trinajstić information content (AvgIpc) is 4.31. The first-order valence-electron chi connectivity index (χ1n) is 22.8. The number of nitrogens with zero attached hydrogens (tertiary/aromatic N) is 8. The van der Waals surface area contributed by atoms with E-state index in [0.29, 0.717) is 0 Å². The molecule has 0 aliphatic heterocycles. The van der Waals surface area contributed by atoms with Crippen LogP contribution in [0.4, 0.5) is 0 Å². The molecule has 8 aromatic heterocycles. The van der Waals surface area contributed by atoms with Crippen molar-refractivity contribution < 1.29 is 102 Å². The number of fused-ring (bicyclic) bond motifs is 8. The maximum absolute atomic E-state index is 3.88. The van der Waals surface area contributed by atoms with Gasteiger partial charge in [0, 0.05) is 43.1 Å². The number of aromatic nitrogens is 16. The molecule has 8 N–H and O–H groups in total. The monoisotopic (exact) mass is 1390 g/mol. The molecule has 16 rings (SSSR count). The maximum atomic E-state index is 3.88. The fourth-order valence-electron chi connectivity index (χ4n) is 7.06. The topological polar surface area (TPSA) is 229 Å². The Morgan fingerprint density at radius 1 is 0.167 bits per heavy atom. The summed E-state index contributed by atoms with van der Waals surface area (Å²) >= 11 is 0. The largest absolute Gasteiger partial charge is 2.00 e. The molecule has 0 amide bonds. The van der Waals surface area contributed by atoms with Gasteiger partial charge in [0.1, 0.15) is 0 Å². The third kappa shape index (κ3) is 18.9. The quantitative estimate of drug-likeness (QED) is 0.0997. The van der Waals surface area contributed by atoms with Gasteiger partial charge in [0.05, 0.1) is 93.7 Å². The summed E-state index contributed by atoms with van der Waals surface area (Å²) in [6.45, 7) is 0. The number of rotatable bonds is 0. The van der Waals surface area contributed by atoms with E-state index in [0.717, 1.165) is 87.2 Å². The number of hydrogen-bond donors (Lipinski definition) is 8. The van der Waals surface area contributed by atoms with Crippen LogP contribution in [0.15, 0.2) is 244 Å². The van der Waals surface area contributed by atoms with Crippen LogP contribution < -0.4 is 67.9 Å². The Kier molecular flexibility index (Phi) is 29.1. The Bertz CT molecular complexity index is 3080. The molecule has 8 heterocycles. The molecule has 0 bridgehead atoms. The fraction of sp³-hybridized carbons (Fsp3) is 0. The number of para-hydroxylation sites is 8. The minimum absolute atomic E-state index is 0. The van der Waals surface area contributed by atoms with Crippen molar-refractivity contribution in [2.75, 3.05) is 0 Å². The first-order chi connectivity index (χ1) is 35.7. The van der Waals surface area contributed by atoms with Crippen LogP contribution in [0.25, 0.3) is 87.2 Å². The van der Waals surface area contributed by atoms with Crippen LogP contribution in [0.1, 0.15) is 0 Å². The second kappa shape index (κ2) is 35.0. The van der Waals surface area contributed by atoms with E-state index in [4.69, 9.17) is 0 Å². The van der Waals surface area contributed by atoms with Gasteiger partial charge in [0.2, 0.25) is 0 Å². The molecular formula is C56H48Br4Cu2N16. The normalized spacial score (nSPS) is 9.44. The van der Waals surface area contributed by atoms with Crippen LogP contribution in [-0.2, 0) is 34.1 Å². The molecule has 78 heavy (non-hydrogen) atoms. The number of halogens is 4. The van der Waals surface area contributed by atoms with E-state index in [9.17, 15) is 0 Å². The second-order valence-electron chi connectivity index (χ2n) is 15.7. The Morgan fingerprint density at radius 3 is 0.372 bits per heavy atom. The standard InChI is InChI=1S/8C7H6N2.4BrH.2Cu/c8*1-2-4-7-6(3-1)5-8-9-7;;;;;;/h8*1-5H,(H,8,9);4*1H;;/q;;;;;;;;;;;;2*+2/p-4. The summed E-state index contributed by atoms with van der Waals surface area (Å²) in [5.41, 5.74) is 8.76. The van der Waals surface area contributed by atoms with Gasteiger partial charge in [-0.1, -0.05) is 146 Å². The van der Waals surface area contributed by atoms with Gasteiger partial charge in [-0.05, 0) is 48.5 Å². The van der Waals surface area contributed by atoms with Crippen molar-refractivity contribution in [2.24, 2.45) is 0 Å². The van der Waals surface area contributed by atoms with Gasteiger partial charge in [-0.3, -0.25) is 40.8 Å². The molecule has 402 valence electrons. The van der Waals surface area contributed by atoms with Gasteiger partial charge in [-0.15, -0.1) is 0 Å². The zero-order valence-corrected chi connectivity index (χ0v) is 49.0. The van der Waals surface area contributed by atoms with Crippen molar-refractivity contribution in [1.29, 1.82) is 0 Å². The van der Waals surface area contributed by atoms with Gasteiger partial charge in [0.25, 0.3) is 0 Å². The molecule has 0 saturated heterocycles. The van der Waals surface area contributed by atoms with E-state index >= 15 is 0 Å². The van der Waals surface area contributed by atoms with E-state index in [1.54, 1.807) is 0 Å². The summed E-state index contributed by atoms with van der Waals surface area (Å²) in [6, 6.07) is 64.1. The third-order valence-corrected chi connectivity index (χ3v) is 10.8. The van der Waals surface area contributed by atoms with Crippen LogP contribution in [0.5, 0.6) is 0 Å². The summed E-state index contributed by atoms with van der Waals surface area (Å²) in [5, 5.41) is 63.3. The molecule has 2 radical (unpaired) electrons. The van der Waals surface area contributed by atoms with Crippen LogP contribution in [-0.4, -0.2) is 81.6 Å². The zero-order valence-electron chi connectivity index (χ0n) is 40.8. The first kappa shape index (κ1) is 64.8. The number of nitrogens with one attached hydrogen (secondary N) is 8. The number of hydrogen-bond acceptors (Lipinski definition) is 8. The molecule has 22 heteroatoms. The van der Waals surface area contributed by atoms with E-state index in [1.807, 2.05) is 244 Å². The predicted molar refractivity (Wildman–Crippen MR) is 289 cm³/mol. The minimum Gasteiger partial charge on any atom is -1.00 e. The molecule has 0 fully saturated rings. The molecule has 0 atom stereocenters. The van der Waals surface area contributed by atoms with E-state index in [1.165, 1.54) is 0 Å². The molecule has 0 spiro atoms. The summed E-state index contributed by atoms with van der Waals surface area (Å²) in [4.78, 5) is 0. The van der Waals surface area contributed by atoms with Crippen molar-refractivity contribution in [1.82, 2.24) is 81.6 Å².